The first-order chi connectivity index (χ1) is 7.79. The average Bonchev–Trinajstić information content (AvgIpc) is 2.78. The van der Waals surface area contributed by atoms with Crippen LogP contribution in [0.5, 0.6) is 5.88 Å². The number of ether oxygens (including phenoxy) is 1. The van der Waals surface area contributed by atoms with E-state index in [4.69, 9.17) is 9.26 Å². The number of carbonyl (C=O) groups is 1. The van der Waals surface area contributed by atoms with Gasteiger partial charge in [0.25, 0.3) is 5.88 Å². The van der Waals surface area contributed by atoms with Crippen LogP contribution in [0.3, 0.4) is 0 Å². The lowest BCUT2D eigenvalue weighted by molar-refractivity contribution is 0.198. The zero-order chi connectivity index (χ0) is 11.4. The predicted octanol–water partition coefficient (Wildman–Crippen LogP) is 2.06. The van der Waals surface area contributed by atoms with Gasteiger partial charge in [-0.2, -0.15) is 0 Å². The Morgan fingerprint density at radius 1 is 1.38 bits per heavy atom. The van der Waals surface area contributed by atoms with Gasteiger partial charge in [-0.05, 0) is 5.16 Å². The monoisotopic (exact) mass is 218 g/mol. The third kappa shape index (κ3) is 2.20. The van der Waals surface area contributed by atoms with Gasteiger partial charge in [0.15, 0.2) is 5.76 Å². The van der Waals surface area contributed by atoms with Gasteiger partial charge in [0, 0.05) is 12.6 Å². The second kappa shape index (κ2) is 4.48. The zero-order valence-corrected chi connectivity index (χ0v) is 8.64. The van der Waals surface area contributed by atoms with Crippen LogP contribution in [0.2, 0.25) is 0 Å². The van der Waals surface area contributed by atoms with Crippen LogP contribution in [0.4, 0.5) is 4.79 Å². The maximum Gasteiger partial charge on any atom is 0.413 e. The minimum atomic E-state index is -0.576. The SMILES string of the molecule is CNC(=O)Oc1cc(-c2ccccc2)on1. The molecule has 0 bridgehead atoms. The van der Waals surface area contributed by atoms with Crippen LogP contribution in [0.15, 0.2) is 40.9 Å². The van der Waals surface area contributed by atoms with Gasteiger partial charge in [-0.15, -0.1) is 0 Å². The molecule has 0 atom stereocenters. The minimum Gasteiger partial charge on any atom is -0.388 e. The first-order valence-electron chi connectivity index (χ1n) is 4.71. The third-order valence-electron chi connectivity index (χ3n) is 1.95. The number of carbonyl (C=O) groups excluding carboxylic acids is 1. The molecule has 1 aromatic carbocycles. The molecule has 1 aromatic heterocycles. The molecule has 0 unspecified atom stereocenters. The first-order valence-corrected chi connectivity index (χ1v) is 4.71. The number of amides is 1. The summed E-state index contributed by atoms with van der Waals surface area (Å²) in [5, 5.41) is 5.94. The number of nitrogens with zero attached hydrogens (tertiary/aromatic N) is 1. The van der Waals surface area contributed by atoms with Crippen LogP contribution < -0.4 is 10.1 Å². The zero-order valence-electron chi connectivity index (χ0n) is 8.64. The minimum absolute atomic E-state index is 0.137. The van der Waals surface area contributed by atoms with E-state index in [9.17, 15) is 4.79 Å². The van der Waals surface area contributed by atoms with E-state index < -0.39 is 6.09 Å². The van der Waals surface area contributed by atoms with E-state index in [1.54, 1.807) is 6.07 Å². The highest BCUT2D eigenvalue weighted by Gasteiger charge is 2.09. The molecule has 0 radical (unpaired) electrons. The van der Waals surface area contributed by atoms with Gasteiger partial charge < -0.3 is 14.6 Å². The Morgan fingerprint density at radius 2 is 2.12 bits per heavy atom. The molecule has 1 N–H and O–H groups in total. The van der Waals surface area contributed by atoms with Crippen molar-refractivity contribution >= 4 is 6.09 Å². The Kier molecular flexibility index (Phi) is 2.86. The highest BCUT2D eigenvalue weighted by Crippen LogP contribution is 2.22. The molecular formula is C11H10N2O3. The number of nitrogens with one attached hydrogen (secondary N) is 1. The van der Waals surface area contributed by atoms with Gasteiger partial charge in [0.2, 0.25) is 0 Å². The number of hydrogen-bond donors (Lipinski definition) is 1. The fourth-order valence-corrected chi connectivity index (χ4v) is 1.19. The second-order valence-electron chi connectivity index (χ2n) is 3.03. The Labute approximate surface area is 92.0 Å². The second-order valence-corrected chi connectivity index (χ2v) is 3.03. The summed E-state index contributed by atoms with van der Waals surface area (Å²) in [5.41, 5.74) is 0.877. The fourth-order valence-electron chi connectivity index (χ4n) is 1.19. The van der Waals surface area contributed by atoms with E-state index in [2.05, 4.69) is 10.5 Å². The highest BCUT2D eigenvalue weighted by molar-refractivity contribution is 5.70. The lowest BCUT2D eigenvalue weighted by Crippen LogP contribution is -2.22. The molecule has 0 aliphatic heterocycles. The summed E-state index contributed by atoms with van der Waals surface area (Å²) in [6.07, 6.45) is -0.576. The first kappa shape index (κ1) is 10.2. The van der Waals surface area contributed by atoms with Crippen molar-refractivity contribution in [1.29, 1.82) is 0 Å². The molecule has 0 aliphatic carbocycles. The van der Waals surface area contributed by atoms with Gasteiger partial charge in [-0.1, -0.05) is 30.3 Å². The molecular weight excluding hydrogens is 208 g/mol. The molecule has 0 aliphatic rings. The Hall–Kier alpha value is -2.30. The summed E-state index contributed by atoms with van der Waals surface area (Å²) in [6.45, 7) is 0. The molecule has 2 aromatic rings. The molecule has 5 nitrogen and oxygen atoms in total. The standard InChI is InChI=1S/C11H10N2O3/c1-12-11(14)15-10-7-9(16-13-10)8-5-3-2-4-6-8/h2-7H,1H3,(H,12,14). The van der Waals surface area contributed by atoms with Crippen LogP contribution >= 0.6 is 0 Å². The van der Waals surface area contributed by atoms with E-state index in [1.165, 1.54) is 7.05 Å². The molecule has 2 rings (SSSR count). The van der Waals surface area contributed by atoms with Gasteiger partial charge in [-0.25, -0.2) is 4.79 Å². The Balaban J connectivity index is 2.17. The number of benzene rings is 1. The van der Waals surface area contributed by atoms with E-state index in [1.807, 2.05) is 30.3 Å². The summed E-state index contributed by atoms with van der Waals surface area (Å²) in [6, 6.07) is 11.0. The molecule has 1 heterocycles. The summed E-state index contributed by atoms with van der Waals surface area (Å²) in [7, 11) is 1.47. The molecule has 0 saturated heterocycles. The lowest BCUT2D eigenvalue weighted by Gasteiger charge is -1.95. The Bertz CT molecular complexity index is 479. The van der Waals surface area contributed by atoms with Crippen molar-refractivity contribution in [2.75, 3.05) is 7.05 Å². The third-order valence-corrected chi connectivity index (χ3v) is 1.95. The predicted molar refractivity (Wildman–Crippen MR) is 57.0 cm³/mol. The van der Waals surface area contributed by atoms with Crippen molar-refractivity contribution in [3.8, 4) is 17.2 Å². The van der Waals surface area contributed by atoms with Crippen molar-refractivity contribution in [1.82, 2.24) is 10.5 Å². The molecule has 0 saturated carbocycles. The van der Waals surface area contributed by atoms with Gasteiger partial charge >= 0.3 is 6.09 Å². The number of aromatic nitrogens is 1. The van der Waals surface area contributed by atoms with Crippen molar-refractivity contribution in [3.05, 3.63) is 36.4 Å². The summed E-state index contributed by atoms with van der Waals surface area (Å²) in [5.74, 6) is 0.692. The van der Waals surface area contributed by atoms with Crippen LogP contribution in [-0.4, -0.2) is 18.3 Å². The topological polar surface area (TPSA) is 64.4 Å². The quantitative estimate of drug-likeness (QED) is 0.837. The van der Waals surface area contributed by atoms with Crippen molar-refractivity contribution < 1.29 is 14.1 Å². The van der Waals surface area contributed by atoms with Gasteiger partial charge in [0.1, 0.15) is 0 Å². The maximum absolute atomic E-state index is 10.9. The molecule has 82 valence electrons. The van der Waals surface area contributed by atoms with Crippen LogP contribution in [0.25, 0.3) is 11.3 Å². The van der Waals surface area contributed by atoms with E-state index in [0.29, 0.717) is 5.76 Å². The highest BCUT2D eigenvalue weighted by atomic mass is 16.6. The molecule has 0 spiro atoms. The average molecular weight is 218 g/mol. The summed E-state index contributed by atoms with van der Waals surface area (Å²) < 4.78 is 9.85. The van der Waals surface area contributed by atoms with Crippen molar-refractivity contribution in [2.24, 2.45) is 0 Å². The molecule has 5 heteroatoms. The number of rotatable bonds is 2. The normalized spacial score (nSPS) is 9.81. The van der Waals surface area contributed by atoms with E-state index in [0.717, 1.165) is 5.56 Å². The number of hydrogen-bond acceptors (Lipinski definition) is 4. The Morgan fingerprint density at radius 3 is 2.81 bits per heavy atom. The molecule has 0 fully saturated rings. The molecule has 1 amide bonds. The largest absolute Gasteiger partial charge is 0.413 e. The van der Waals surface area contributed by atoms with E-state index in [-0.39, 0.29) is 5.88 Å². The van der Waals surface area contributed by atoms with Crippen LogP contribution in [0, 0.1) is 0 Å². The summed E-state index contributed by atoms with van der Waals surface area (Å²) in [4.78, 5) is 10.9. The van der Waals surface area contributed by atoms with E-state index >= 15 is 0 Å². The van der Waals surface area contributed by atoms with Crippen molar-refractivity contribution in [3.63, 3.8) is 0 Å². The van der Waals surface area contributed by atoms with Crippen molar-refractivity contribution in [2.45, 2.75) is 0 Å². The van der Waals surface area contributed by atoms with Gasteiger partial charge in [0.05, 0.1) is 6.07 Å². The maximum atomic E-state index is 10.9. The van der Waals surface area contributed by atoms with Crippen LogP contribution in [-0.2, 0) is 0 Å². The van der Waals surface area contributed by atoms with Crippen LogP contribution in [0.1, 0.15) is 0 Å². The molecule has 16 heavy (non-hydrogen) atoms. The lowest BCUT2D eigenvalue weighted by atomic mass is 10.2. The van der Waals surface area contributed by atoms with Gasteiger partial charge in [-0.3, -0.25) is 0 Å². The fraction of sp³-hybridized carbons (Fsp3) is 0.0909. The smallest absolute Gasteiger partial charge is 0.388 e. The summed E-state index contributed by atoms with van der Waals surface area (Å²) >= 11 is 0.